The van der Waals surface area contributed by atoms with E-state index in [-0.39, 0.29) is 18.3 Å². The summed E-state index contributed by atoms with van der Waals surface area (Å²) in [6.07, 6.45) is 5.11. The molecule has 0 spiro atoms. The molecule has 1 amide bonds. The van der Waals surface area contributed by atoms with E-state index in [4.69, 9.17) is 5.73 Å². The molecule has 0 saturated heterocycles. The highest BCUT2D eigenvalue weighted by atomic mass is 35.5. The van der Waals surface area contributed by atoms with Crippen LogP contribution in [0.2, 0.25) is 0 Å². The lowest BCUT2D eigenvalue weighted by Gasteiger charge is -2.26. The molecule has 2 atom stereocenters. The number of carbonyl (C=O) groups is 1. The van der Waals surface area contributed by atoms with Crippen LogP contribution in [0.15, 0.2) is 24.3 Å². The molecule has 1 fully saturated rings. The highest BCUT2D eigenvalue weighted by Gasteiger charge is 2.19. The van der Waals surface area contributed by atoms with Gasteiger partial charge in [-0.25, -0.2) is 0 Å². The van der Waals surface area contributed by atoms with Crippen molar-refractivity contribution in [2.75, 3.05) is 12.3 Å². The quantitative estimate of drug-likeness (QED) is 0.836. The largest absolute Gasteiger partial charge is 0.399 e. The Balaban J connectivity index is 0.00000180. The van der Waals surface area contributed by atoms with Crippen LogP contribution < -0.4 is 11.1 Å². The Bertz CT molecular complexity index is 405. The van der Waals surface area contributed by atoms with Crippen LogP contribution in [0.5, 0.6) is 0 Å². The topological polar surface area (TPSA) is 55.1 Å². The average molecular weight is 283 g/mol. The molecule has 0 aromatic heterocycles. The Labute approximate surface area is 121 Å². The van der Waals surface area contributed by atoms with Crippen molar-refractivity contribution >= 4 is 24.0 Å². The van der Waals surface area contributed by atoms with Gasteiger partial charge in [-0.1, -0.05) is 19.8 Å². The molecule has 0 radical (unpaired) electrons. The fraction of sp³-hybridized carbons (Fsp3) is 0.533. The zero-order chi connectivity index (χ0) is 13.0. The van der Waals surface area contributed by atoms with E-state index in [9.17, 15) is 4.79 Å². The second-order valence-corrected chi connectivity index (χ2v) is 5.47. The van der Waals surface area contributed by atoms with Crippen LogP contribution in [0.4, 0.5) is 5.69 Å². The minimum absolute atomic E-state index is 0. The predicted molar refractivity (Wildman–Crippen MR) is 81.6 cm³/mol. The van der Waals surface area contributed by atoms with Crippen molar-refractivity contribution in [3.05, 3.63) is 29.8 Å². The van der Waals surface area contributed by atoms with Crippen molar-refractivity contribution in [1.82, 2.24) is 5.32 Å². The highest BCUT2D eigenvalue weighted by molar-refractivity contribution is 5.94. The van der Waals surface area contributed by atoms with Crippen LogP contribution in [0, 0.1) is 11.8 Å². The number of rotatable bonds is 3. The molecule has 19 heavy (non-hydrogen) atoms. The number of halogens is 1. The van der Waals surface area contributed by atoms with E-state index >= 15 is 0 Å². The second-order valence-electron chi connectivity index (χ2n) is 5.47. The van der Waals surface area contributed by atoms with Crippen LogP contribution in [-0.4, -0.2) is 12.5 Å². The summed E-state index contributed by atoms with van der Waals surface area (Å²) >= 11 is 0. The Morgan fingerprint density at radius 2 is 2.00 bits per heavy atom. The molecule has 0 heterocycles. The van der Waals surface area contributed by atoms with Crippen LogP contribution in [0.1, 0.15) is 43.0 Å². The number of amides is 1. The maximum atomic E-state index is 11.9. The first kappa shape index (κ1) is 15.8. The zero-order valence-electron chi connectivity index (χ0n) is 11.4. The summed E-state index contributed by atoms with van der Waals surface area (Å²) in [7, 11) is 0. The molecular formula is C15H23ClN2O. The molecule has 0 aliphatic heterocycles. The minimum Gasteiger partial charge on any atom is -0.399 e. The van der Waals surface area contributed by atoms with Crippen LogP contribution in [0.25, 0.3) is 0 Å². The standard InChI is InChI=1S/C15H22N2O.ClH/c1-11-3-2-4-12(9-11)10-17-15(18)13-5-7-14(16)8-6-13;/h5-8,11-12H,2-4,9-10,16H2,1H3,(H,17,18);1H. The fourth-order valence-electron chi connectivity index (χ4n) is 2.72. The Kier molecular flexibility index (Phi) is 6.16. The van der Waals surface area contributed by atoms with Gasteiger partial charge in [-0.05, 0) is 48.9 Å². The molecule has 106 valence electrons. The Morgan fingerprint density at radius 3 is 2.63 bits per heavy atom. The molecule has 3 nitrogen and oxygen atoms in total. The van der Waals surface area contributed by atoms with Gasteiger partial charge in [0.2, 0.25) is 0 Å². The fourth-order valence-corrected chi connectivity index (χ4v) is 2.72. The number of nitrogens with one attached hydrogen (secondary N) is 1. The van der Waals surface area contributed by atoms with E-state index in [0.717, 1.165) is 12.5 Å². The molecule has 3 N–H and O–H groups in total. The van der Waals surface area contributed by atoms with Crippen LogP contribution in [-0.2, 0) is 0 Å². The number of nitrogen functional groups attached to an aromatic ring is 1. The van der Waals surface area contributed by atoms with E-state index in [1.165, 1.54) is 25.7 Å². The van der Waals surface area contributed by atoms with Gasteiger partial charge in [-0.2, -0.15) is 0 Å². The first-order valence-corrected chi connectivity index (χ1v) is 6.79. The summed E-state index contributed by atoms with van der Waals surface area (Å²) in [5.41, 5.74) is 6.98. The van der Waals surface area contributed by atoms with Gasteiger partial charge in [0.15, 0.2) is 0 Å². The maximum Gasteiger partial charge on any atom is 0.251 e. The molecule has 1 aliphatic carbocycles. The van der Waals surface area contributed by atoms with E-state index in [1.54, 1.807) is 24.3 Å². The molecule has 2 rings (SSSR count). The van der Waals surface area contributed by atoms with Crippen molar-refractivity contribution in [1.29, 1.82) is 0 Å². The second kappa shape index (κ2) is 7.39. The Morgan fingerprint density at radius 1 is 1.32 bits per heavy atom. The highest BCUT2D eigenvalue weighted by Crippen LogP contribution is 2.27. The molecule has 1 aliphatic rings. The normalized spacial score (nSPS) is 22.4. The van der Waals surface area contributed by atoms with E-state index < -0.39 is 0 Å². The van der Waals surface area contributed by atoms with Crippen molar-refractivity contribution in [2.45, 2.75) is 32.6 Å². The molecular weight excluding hydrogens is 260 g/mol. The summed E-state index contributed by atoms with van der Waals surface area (Å²) in [6, 6.07) is 7.07. The van der Waals surface area contributed by atoms with Gasteiger partial charge >= 0.3 is 0 Å². The van der Waals surface area contributed by atoms with E-state index in [0.29, 0.717) is 17.2 Å². The summed E-state index contributed by atoms with van der Waals surface area (Å²) in [5.74, 6) is 1.46. The molecule has 1 aromatic carbocycles. The number of hydrogen-bond acceptors (Lipinski definition) is 2. The predicted octanol–water partition coefficient (Wildman–Crippen LogP) is 3.25. The van der Waals surface area contributed by atoms with Crippen molar-refractivity contribution in [2.24, 2.45) is 11.8 Å². The molecule has 1 aromatic rings. The maximum absolute atomic E-state index is 11.9. The number of nitrogens with two attached hydrogens (primary N) is 1. The van der Waals surface area contributed by atoms with Gasteiger partial charge in [0.25, 0.3) is 5.91 Å². The van der Waals surface area contributed by atoms with Gasteiger partial charge in [0, 0.05) is 17.8 Å². The molecule has 0 bridgehead atoms. The molecule has 1 saturated carbocycles. The van der Waals surface area contributed by atoms with Gasteiger partial charge in [-0.3, -0.25) is 4.79 Å². The number of carbonyl (C=O) groups excluding carboxylic acids is 1. The van der Waals surface area contributed by atoms with Crippen molar-refractivity contribution in [3.8, 4) is 0 Å². The number of hydrogen-bond donors (Lipinski definition) is 2. The summed E-state index contributed by atoms with van der Waals surface area (Å²) in [5, 5.41) is 3.03. The number of anilines is 1. The average Bonchev–Trinajstić information content (AvgIpc) is 2.37. The Hall–Kier alpha value is -1.22. The first-order chi connectivity index (χ1) is 8.65. The zero-order valence-corrected chi connectivity index (χ0v) is 12.2. The van der Waals surface area contributed by atoms with Crippen molar-refractivity contribution in [3.63, 3.8) is 0 Å². The summed E-state index contributed by atoms with van der Waals surface area (Å²) in [4.78, 5) is 11.9. The van der Waals surface area contributed by atoms with Gasteiger partial charge in [0.1, 0.15) is 0 Å². The lowest BCUT2D eigenvalue weighted by atomic mass is 9.82. The van der Waals surface area contributed by atoms with Crippen LogP contribution in [0.3, 0.4) is 0 Å². The third kappa shape index (κ3) is 4.75. The SMILES string of the molecule is CC1CCCC(CNC(=O)c2ccc(N)cc2)C1.Cl. The van der Waals surface area contributed by atoms with E-state index in [2.05, 4.69) is 12.2 Å². The van der Waals surface area contributed by atoms with Gasteiger partial charge in [0.05, 0.1) is 0 Å². The first-order valence-electron chi connectivity index (χ1n) is 6.79. The smallest absolute Gasteiger partial charge is 0.251 e. The van der Waals surface area contributed by atoms with Crippen LogP contribution >= 0.6 is 12.4 Å². The summed E-state index contributed by atoms with van der Waals surface area (Å²) in [6.45, 7) is 3.10. The van der Waals surface area contributed by atoms with Gasteiger partial charge < -0.3 is 11.1 Å². The third-order valence-electron chi connectivity index (χ3n) is 3.77. The van der Waals surface area contributed by atoms with Crippen molar-refractivity contribution < 1.29 is 4.79 Å². The summed E-state index contributed by atoms with van der Waals surface area (Å²) < 4.78 is 0. The molecule has 4 heteroatoms. The monoisotopic (exact) mass is 282 g/mol. The van der Waals surface area contributed by atoms with E-state index in [1.807, 2.05) is 0 Å². The number of benzene rings is 1. The molecule has 2 unspecified atom stereocenters. The van der Waals surface area contributed by atoms with Gasteiger partial charge in [-0.15, -0.1) is 12.4 Å². The lowest BCUT2D eigenvalue weighted by Crippen LogP contribution is -2.31. The lowest BCUT2D eigenvalue weighted by molar-refractivity contribution is 0.0940. The third-order valence-corrected chi connectivity index (χ3v) is 3.77. The minimum atomic E-state index is 0.